The molecule has 1 aromatic carbocycles. The minimum Gasteiger partial charge on any atom is -0.370 e. The van der Waals surface area contributed by atoms with E-state index < -0.39 is 0 Å². The van der Waals surface area contributed by atoms with Crippen molar-refractivity contribution in [2.45, 2.75) is 38.3 Å². The Hall–Kier alpha value is -1.57. The van der Waals surface area contributed by atoms with Gasteiger partial charge in [-0.3, -0.25) is 4.79 Å². The van der Waals surface area contributed by atoms with Gasteiger partial charge in [-0.25, -0.2) is 4.99 Å². The molecule has 3 rings (SSSR count). The zero-order valence-electron chi connectivity index (χ0n) is 13.3. The molecule has 1 saturated carbocycles. The van der Waals surface area contributed by atoms with Gasteiger partial charge in [0.05, 0.1) is 12.1 Å². The Morgan fingerprint density at radius 1 is 1.35 bits per heavy atom. The number of rotatable bonds is 3. The number of aryl methyl sites for hydroxylation is 1. The molecule has 5 nitrogen and oxygen atoms in total. The van der Waals surface area contributed by atoms with Crippen molar-refractivity contribution in [3.05, 3.63) is 46.2 Å². The molecule has 1 fully saturated rings. The molecule has 0 amide bonds. The van der Waals surface area contributed by atoms with Gasteiger partial charge in [0.1, 0.15) is 0 Å². The third kappa shape index (κ3) is 4.04. The number of benzene rings is 1. The summed E-state index contributed by atoms with van der Waals surface area (Å²) in [5.41, 5.74) is 7.51. The van der Waals surface area contributed by atoms with Crippen molar-refractivity contribution in [3.8, 4) is 0 Å². The number of hydrogen-bond donors (Lipinski definition) is 2. The topological polar surface area (TPSA) is 72.4 Å². The molecule has 2 aromatic rings. The number of nitrogens with two attached hydrogens (primary N) is 1. The molecule has 1 aliphatic rings. The minimum atomic E-state index is -0.0175. The molecule has 0 radical (unpaired) electrons. The molecule has 0 unspecified atom stereocenters. The van der Waals surface area contributed by atoms with Crippen LogP contribution >= 0.6 is 24.0 Å². The molecule has 3 N–H and O–H groups in total. The van der Waals surface area contributed by atoms with E-state index in [1.165, 1.54) is 12.8 Å². The number of guanidine groups is 1. The van der Waals surface area contributed by atoms with Gasteiger partial charge < -0.3 is 15.6 Å². The predicted molar refractivity (Wildman–Crippen MR) is 105 cm³/mol. The maximum atomic E-state index is 12.4. The SMILES string of the molecule is Cn1c(=O)c(CN=C(N)NC2CCCC2)cc2ccccc21.I. The van der Waals surface area contributed by atoms with E-state index in [-0.39, 0.29) is 29.5 Å². The number of nitrogens with one attached hydrogen (secondary N) is 1. The van der Waals surface area contributed by atoms with Crippen LogP contribution in [-0.2, 0) is 13.6 Å². The maximum Gasteiger partial charge on any atom is 0.255 e. The highest BCUT2D eigenvalue weighted by Crippen LogP contribution is 2.17. The van der Waals surface area contributed by atoms with Gasteiger partial charge in [0.25, 0.3) is 5.56 Å². The molecule has 1 heterocycles. The van der Waals surface area contributed by atoms with Crippen LogP contribution in [0.15, 0.2) is 40.1 Å². The van der Waals surface area contributed by atoms with Crippen molar-refractivity contribution < 1.29 is 0 Å². The number of aliphatic imine (C=N–C) groups is 1. The fourth-order valence-corrected chi connectivity index (χ4v) is 3.10. The molecule has 1 aliphatic carbocycles. The predicted octanol–water partition coefficient (Wildman–Crippen LogP) is 2.50. The lowest BCUT2D eigenvalue weighted by Gasteiger charge is -2.12. The number of aromatic nitrogens is 1. The molecule has 0 saturated heterocycles. The third-order valence-electron chi connectivity index (χ3n) is 4.33. The van der Waals surface area contributed by atoms with Crippen molar-refractivity contribution in [1.29, 1.82) is 0 Å². The molecule has 0 spiro atoms. The van der Waals surface area contributed by atoms with Gasteiger partial charge in [0, 0.05) is 18.7 Å². The van der Waals surface area contributed by atoms with Crippen molar-refractivity contribution in [2.24, 2.45) is 17.8 Å². The summed E-state index contributed by atoms with van der Waals surface area (Å²) in [7, 11) is 1.79. The van der Waals surface area contributed by atoms with E-state index in [1.54, 1.807) is 11.6 Å². The van der Waals surface area contributed by atoms with E-state index in [0.717, 1.165) is 23.7 Å². The first kappa shape index (κ1) is 17.8. The van der Waals surface area contributed by atoms with Gasteiger partial charge in [-0.05, 0) is 30.4 Å². The molecule has 23 heavy (non-hydrogen) atoms. The largest absolute Gasteiger partial charge is 0.370 e. The molecule has 1 aromatic heterocycles. The quantitative estimate of drug-likeness (QED) is 0.450. The summed E-state index contributed by atoms with van der Waals surface area (Å²) in [6, 6.07) is 10.2. The molecule has 6 heteroatoms. The first-order valence-electron chi connectivity index (χ1n) is 7.79. The number of nitrogens with zero attached hydrogens (tertiary/aromatic N) is 2. The van der Waals surface area contributed by atoms with Gasteiger partial charge in [0.2, 0.25) is 0 Å². The first-order chi connectivity index (χ1) is 10.6. The standard InChI is InChI=1S/C17H22N4O.HI/c1-21-15-9-5-2-6-12(15)10-13(16(21)22)11-19-17(18)20-14-7-3-4-8-14;/h2,5-6,9-10,14H,3-4,7-8,11H2,1H3,(H3,18,19,20);1H. The van der Waals surface area contributed by atoms with E-state index in [9.17, 15) is 4.79 Å². The summed E-state index contributed by atoms with van der Waals surface area (Å²) >= 11 is 0. The summed E-state index contributed by atoms with van der Waals surface area (Å²) in [5, 5.41) is 4.28. The number of halogens is 1. The van der Waals surface area contributed by atoms with Gasteiger partial charge in [-0.1, -0.05) is 31.0 Å². The lowest BCUT2D eigenvalue weighted by atomic mass is 10.1. The second-order valence-electron chi connectivity index (χ2n) is 5.92. The van der Waals surface area contributed by atoms with Crippen molar-refractivity contribution in [3.63, 3.8) is 0 Å². The summed E-state index contributed by atoms with van der Waals surface area (Å²) in [6.07, 6.45) is 4.79. The average Bonchev–Trinajstić information content (AvgIpc) is 3.02. The van der Waals surface area contributed by atoms with Gasteiger partial charge in [0.15, 0.2) is 5.96 Å². The van der Waals surface area contributed by atoms with Gasteiger partial charge in [-0.15, -0.1) is 24.0 Å². The molecular weight excluding hydrogens is 403 g/mol. The second-order valence-corrected chi connectivity index (χ2v) is 5.92. The van der Waals surface area contributed by atoms with E-state index in [4.69, 9.17) is 5.73 Å². The summed E-state index contributed by atoms with van der Waals surface area (Å²) in [5.74, 6) is 0.433. The molecule has 0 bridgehead atoms. The van der Waals surface area contributed by atoms with Gasteiger partial charge >= 0.3 is 0 Å². The fourth-order valence-electron chi connectivity index (χ4n) is 3.10. The average molecular weight is 426 g/mol. The maximum absolute atomic E-state index is 12.4. The zero-order valence-corrected chi connectivity index (χ0v) is 15.6. The Balaban J connectivity index is 0.00000192. The van der Waals surface area contributed by atoms with E-state index in [2.05, 4.69) is 10.3 Å². The number of para-hydroxylation sites is 1. The Labute approximate surface area is 153 Å². The monoisotopic (exact) mass is 426 g/mol. The fraction of sp³-hybridized carbons (Fsp3) is 0.412. The summed E-state index contributed by atoms with van der Waals surface area (Å²) in [4.78, 5) is 16.7. The minimum absolute atomic E-state index is 0. The first-order valence-corrected chi connectivity index (χ1v) is 7.79. The van der Waals surface area contributed by atoms with Crippen LogP contribution in [0.1, 0.15) is 31.2 Å². The van der Waals surface area contributed by atoms with E-state index in [1.807, 2.05) is 30.3 Å². The van der Waals surface area contributed by atoms with Crippen LogP contribution in [0, 0.1) is 0 Å². The molecule has 0 aliphatic heterocycles. The lowest BCUT2D eigenvalue weighted by Crippen LogP contribution is -2.38. The highest BCUT2D eigenvalue weighted by molar-refractivity contribution is 14.0. The summed E-state index contributed by atoms with van der Waals surface area (Å²) < 4.78 is 1.67. The molecule has 124 valence electrons. The van der Waals surface area contributed by atoms with Crippen LogP contribution in [-0.4, -0.2) is 16.6 Å². The number of fused-ring (bicyclic) bond motifs is 1. The van der Waals surface area contributed by atoms with Crippen LogP contribution in [0.25, 0.3) is 10.9 Å². The Bertz CT molecular complexity index is 763. The third-order valence-corrected chi connectivity index (χ3v) is 4.33. The van der Waals surface area contributed by atoms with Crippen molar-refractivity contribution >= 4 is 40.8 Å². The Kier molecular flexibility index (Phi) is 6.04. The highest BCUT2D eigenvalue weighted by Gasteiger charge is 2.15. The van der Waals surface area contributed by atoms with E-state index >= 15 is 0 Å². The smallest absolute Gasteiger partial charge is 0.255 e. The molecule has 0 atom stereocenters. The number of pyridine rings is 1. The summed E-state index contributed by atoms with van der Waals surface area (Å²) in [6.45, 7) is 0.309. The van der Waals surface area contributed by atoms with E-state index in [0.29, 0.717) is 24.1 Å². The number of hydrogen-bond acceptors (Lipinski definition) is 2. The van der Waals surface area contributed by atoms with Gasteiger partial charge in [-0.2, -0.15) is 0 Å². The Morgan fingerprint density at radius 2 is 2.04 bits per heavy atom. The van der Waals surface area contributed by atoms with Crippen LogP contribution in [0.5, 0.6) is 0 Å². The van der Waals surface area contributed by atoms with Crippen molar-refractivity contribution in [1.82, 2.24) is 9.88 Å². The lowest BCUT2D eigenvalue weighted by molar-refractivity contribution is 0.625. The zero-order chi connectivity index (χ0) is 15.5. The van der Waals surface area contributed by atoms with Crippen LogP contribution < -0.4 is 16.6 Å². The van der Waals surface area contributed by atoms with Crippen LogP contribution in [0.4, 0.5) is 0 Å². The molecular formula is C17H23IN4O. The normalized spacial score (nSPS) is 15.6. The Morgan fingerprint density at radius 3 is 2.78 bits per heavy atom. The van der Waals surface area contributed by atoms with Crippen LogP contribution in [0.2, 0.25) is 0 Å². The van der Waals surface area contributed by atoms with Crippen molar-refractivity contribution in [2.75, 3.05) is 0 Å². The van der Waals surface area contributed by atoms with Crippen LogP contribution in [0.3, 0.4) is 0 Å². The highest BCUT2D eigenvalue weighted by atomic mass is 127. The second kappa shape index (κ2) is 7.81.